The summed E-state index contributed by atoms with van der Waals surface area (Å²) in [7, 11) is 0. The predicted octanol–water partition coefficient (Wildman–Crippen LogP) is 4.13. The van der Waals surface area contributed by atoms with Gasteiger partial charge in [-0.3, -0.25) is 14.4 Å². The number of hydrogen-bond acceptors (Lipinski definition) is 5. The highest BCUT2D eigenvalue weighted by Crippen LogP contribution is 2.57. The van der Waals surface area contributed by atoms with Gasteiger partial charge in [-0.2, -0.15) is 0 Å². The highest BCUT2D eigenvalue weighted by Gasteiger charge is 2.63. The molecule has 31 heavy (non-hydrogen) atoms. The molecule has 2 aromatic carbocycles. The molecule has 160 valence electrons. The second-order valence-electron chi connectivity index (χ2n) is 8.57. The molecule has 7 heteroatoms. The van der Waals surface area contributed by atoms with E-state index < -0.39 is 6.10 Å². The van der Waals surface area contributed by atoms with Crippen molar-refractivity contribution < 1.29 is 23.9 Å². The zero-order chi connectivity index (χ0) is 21.7. The molecule has 6 nitrogen and oxygen atoms in total. The van der Waals surface area contributed by atoms with Crippen LogP contribution in [0.3, 0.4) is 0 Å². The van der Waals surface area contributed by atoms with Gasteiger partial charge in [0.25, 0.3) is 0 Å². The average molecular weight is 440 g/mol. The number of rotatable bonds is 6. The maximum atomic E-state index is 12.9. The van der Waals surface area contributed by atoms with E-state index in [9.17, 15) is 14.4 Å². The Morgan fingerprint density at radius 2 is 1.81 bits per heavy atom. The smallest absolute Gasteiger partial charge is 0.310 e. The van der Waals surface area contributed by atoms with E-state index in [1.54, 1.807) is 55.5 Å². The van der Waals surface area contributed by atoms with Crippen LogP contribution in [0.2, 0.25) is 5.02 Å². The minimum Gasteiger partial charge on any atom is -0.483 e. The summed E-state index contributed by atoms with van der Waals surface area (Å²) in [6.45, 7) is 1.69. The van der Waals surface area contributed by atoms with Crippen LogP contribution >= 0.6 is 11.6 Å². The molecule has 1 heterocycles. The number of esters is 1. The van der Waals surface area contributed by atoms with Gasteiger partial charge >= 0.3 is 5.97 Å². The van der Waals surface area contributed by atoms with Crippen molar-refractivity contribution in [2.24, 2.45) is 23.7 Å². The number of nitrogens with one attached hydrogen (secondary N) is 1. The third kappa shape index (κ3) is 3.59. The summed E-state index contributed by atoms with van der Waals surface area (Å²) in [5.74, 6) is -0.178. The Morgan fingerprint density at radius 3 is 2.52 bits per heavy atom. The molecular formula is C24H22ClNO5. The molecule has 5 rings (SSSR count). The first-order valence-electron chi connectivity index (χ1n) is 10.5. The molecule has 3 fully saturated rings. The topological polar surface area (TPSA) is 81.7 Å². The van der Waals surface area contributed by atoms with Crippen molar-refractivity contribution in [3.63, 3.8) is 0 Å². The number of ether oxygens (including phenoxy) is 2. The molecule has 0 aromatic heterocycles. The first-order chi connectivity index (χ1) is 14.9. The summed E-state index contributed by atoms with van der Waals surface area (Å²) >= 11 is 5.87. The van der Waals surface area contributed by atoms with Gasteiger partial charge in [0.15, 0.2) is 6.10 Å². The molecule has 2 bridgehead atoms. The van der Waals surface area contributed by atoms with Crippen LogP contribution in [0.25, 0.3) is 0 Å². The lowest BCUT2D eigenvalue weighted by atomic mass is 9.79. The molecule has 1 amide bonds. The van der Waals surface area contributed by atoms with Crippen LogP contribution < -0.4 is 10.1 Å². The Labute approximate surface area is 184 Å². The van der Waals surface area contributed by atoms with Crippen molar-refractivity contribution in [1.29, 1.82) is 0 Å². The number of hydrogen-bond donors (Lipinski definition) is 1. The van der Waals surface area contributed by atoms with E-state index in [1.807, 2.05) is 0 Å². The Bertz CT molecular complexity index is 1030. The number of carbonyl (C=O) groups is 3. The third-order valence-electron chi connectivity index (χ3n) is 6.72. The average Bonchev–Trinajstić information content (AvgIpc) is 3.38. The second-order valence-corrected chi connectivity index (χ2v) is 9.00. The summed E-state index contributed by atoms with van der Waals surface area (Å²) < 4.78 is 11.2. The molecule has 2 aromatic rings. The van der Waals surface area contributed by atoms with Crippen LogP contribution in [0.4, 0.5) is 5.69 Å². The molecule has 2 aliphatic carbocycles. The predicted molar refractivity (Wildman–Crippen MR) is 114 cm³/mol. The number of ketones is 1. The van der Waals surface area contributed by atoms with Crippen LogP contribution in [0.5, 0.6) is 5.75 Å². The standard InChI is InChI=1S/C24H22ClNO5/c1-12(22(27)13-2-4-15(25)5-3-13)30-17-8-6-16(7-9-17)26-23(28)20-14-10-18-19(11-14)31-24(29)21(18)20/h2-9,12,14,18-21H,10-11H2,1H3,(H,26,28)/t12-,14+,18-,19+,20-,21+/m1/s1. The molecule has 0 spiro atoms. The fourth-order valence-corrected chi connectivity index (χ4v) is 5.44. The molecule has 6 atom stereocenters. The highest BCUT2D eigenvalue weighted by molar-refractivity contribution is 6.30. The van der Waals surface area contributed by atoms with Crippen molar-refractivity contribution in [2.45, 2.75) is 32.0 Å². The summed E-state index contributed by atoms with van der Waals surface area (Å²) in [4.78, 5) is 37.5. The normalized spacial score (nSPS) is 28.8. The number of fused-ring (bicyclic) bond motifs is 1. The van der Waals surface area contributed by atoms with Gasteiger partial charge in [0.05, 0.1) is 11.8 Å². The van der Waals surface area contributed by atoms with E-state index in [4.69, 9.17) is 21.1 Å². The number of halogens is 1. The maximum absolute atomic E-state index is 12.9. The van der Waals surface area contributed by atoms with E-state index in [2.05, 4.69) is 5.32 Å². The Balaban J connectivity index is 1.20. The maximum Gasteiger partial charge on any atom is 0.310 e. The van der Waals surface area contributed by atoms with E-state index in [0.717, 1.165) is 12.8 Å². The zero-order valence-corrected chi connectivity index (χ0v) is 17.7. The Morgan fingerprint density at radius 1 is 1.10 bits per heavy atom. The zero-order valence-electron chi connectivity index (χ0n) is 16.9. The van der Waals surface area contributed by atoms with Crippen molar-refractivity contribution >= 4 is 34.9 Å². The molecule has 3 aliphatic rings. The van der Waals surface area contributed by atoms with Gasteiger partial charge in [-0.1, -0.05) is 11.6 Å². The van der Waals surface area contributed by atoms with Crippen molar-refractivity contribution in [3.05, 3.63) is 59.1 Å². The van der Waals surface area contributed by atoms with E-state index in [1.165, 1.54) is 0 Å². The molecule has 1 saturated heterocycles. The second kappa shape index (κ2) is 7.68. The minimum absolute atomic E-state index is 0.0144. The fraction of sp³-hybridized carbons (Fsp3) is 0.375. The lowest BCUT2D eigenvalue weighted by Crippen LogP contribution is -2.35. The molecule has 0 unspecified atom stereocenters. The lowest BCUT2D eigenvalue weighted by molar-refractivity contribution is -0.145. The van der Waals surface area contributed by atoms with Crippen molar-refractivity contribution in [3.8, 4) is 5.75 Å². The minimum atomic E-state index is -0.669. The van der Waals surface area contributed by atoms with Crippen LogP contribution in [0, 0.1) is 23.7 Å². The van der Waals surface area contributed by atoms with Crippen LogP contribution in [-0.2, 0) is 14.3 Å². The largest absolute Gasteiger partial charge is 0.483 e. The van der Waals surface area contributed by atoms with Crippen LogP contribution in [0.15, 0.2) is 48.5 Å². The van der Waals surface area contributed by atoms with Gasteiger partial charge in [0, 0.05) is 22.2 Å². The van der Waals surface area contributed by atoms with Crippen molar-refractivity contribution in [1.82, 2.24) is 0 Å². The van der Waals surface area contributed by atoms with Crippen LogP contribution in [0.1, 0.15) is 30.1 Å². The molecule has 1 aliphatic heterocycles. The number of amides is 1. The van der Waals surface area contributed by atoms with E-state index in [0.29, 0.717) is 22.0 Å². The number of Topliss-reactive ketones (excluding diaryl/α,β-unsaturated/α-hetero) is 1. The fourth-order valence-electron chi connectivity index (χ4n) is 5.31. The van der Waals surface area contributed by atoms with Gasteiger partial charge in [0.1, 0.15) is 11.9 Å². The van der Waals surface area contributed by atoms with E-state index in [-0.39, 0.29) is 47.4 Å². The third-order valence-corrected chi connectivity index (χ3v) is 6.97. The molecule has 2 saturated carbocycles. The number of benzene rings is 2. The highest BCUT2D eigenvalue weighted by atomic mass is 35.5. The SMILES string of the molecule is C[C@@H](Oc1ccc(NC(=O)[C@@H]2[C@H]3C[C@H]4[C@@H]2C(=O)O[C@H]4C3)cc1)C(=O)c1ccc(Cl)cc1. The quantitative estimate of drug-likeness (QED) is 0.540. The number of carbonyl (C=O) groups excluding carboxylic acids is 3. The molecule has 0 radical (unpaired) electrons. The summed E-state index contributed by atoms with van der Waals surface area (Å²) in [5, 5.41) is 3.49. The first-order valence-corrected chi connectivity index (χ1v) is 10.9. The first kappa shape index (κ1) is 20.1. The van der Waals surface area contributed by atoms with Gasteiger partial charge in [-0.15, -0.1) is 0 Å². The summed E-state index contributed by atoms with van der Waals surface area (Å²) in [6.07, 6.45) is 1.03. The molecular weight excluding hydrogens is 418 g/mol. The summed E-state index contributed by atoms with van der Waals surface area (Å²) in [6, 6.07) is 13.6. The lowest BCUT2D eigenvalue weighted by Gasteiger charge is -2.23. The molecule has 1 N–H and O–H groups in total. The van der Waals surface area contributed by atoms with Crippen LogP contribution in [-0.4, -0.2) is 29.9 Å². The van der Waals surface area contributed by atoms with Gasteiger partial charge < -0.3 is 14.8 Å². The Kier molecular flexibility index (Phi) is 4.97. The summed E-state index contributed by atoms with van der Waals surface area (Å²) in [5.41, 5.74) is 1.15. The van der Waals surface area contributed by atoms with Gasteiger partial charge in [-0.25, -0.2) is 0 Å². The number of anilines is 1. The van der Waals surface area contributed by atoms with E-state index >= 15 is 0 Å². The Hall–Kier alpha value is -2.86. The van der Waals surface area contributed by atoms with Crippen molar-refractivity contribution in [2.75, 3.05) is 5.32 Å². The van der Waals surface area contributed by atoms with Gasteiger partial charge in [0.2, 0.25) is 11.7 Å². The monoisotopic (exact) mass is 439 g/mol. The van der Waals surface area contributed by atoms with Gasteiger partial charge in [-0.05, 0) is 74.2 Å².